The molecule has 0 unspecified atom stereocenters. The van der Waals surface area contributed by atoms with Crippen LogP contribution in [0.15, 0.2) is 60.7 Å². The van der Waals surface area contributed by atoms with Crippen LogP contribution in [0.4, 0.5) is 11.4 Å². The first kappa shape index (κ1) is 22.4. The first-order valence-electron chi connectivity index (χ1n) is 11.5. The second-order valence-corrected chi connectivity index (χ2v) is 9.97. The highest BCUT2D eigenvalue weighted by Crippen LogP contribution is 2.50. The van der Waals surface area contributed by atoms with Gasteiger partial charge in [-0.15, -0.1) is 0 Å². The Kier molecular flexibility index (Phi) is 5.36. The van der Waals surface area contributed by atoms with E-state index < -0.39 is 11.6 Å². The normalized spacial score (nSPS) is 23.0. The number of nitrogens with zero attached hydrogens (tertiary/aromatic N) is 1. The number of hydrogen-bond acceptors (Lipinski definition) is 3. The predicted molar refractivity (Wildman–Crippen MR) is 140 cm³/mol. The summed E-state index contributed by atoms with van der Waals surface area (Å²) in [5.74, 6) is 0.0929. The molecule has 1 fully saturated rings. The van der Waals surface area contributed by atoms with Crippen LogP contribution in [0.5, 0.6) is 5.75 Å². The average Bonchev–Trinajstić information content (AvgIpc) is 2.76. The molecule has 2 N–H and O–H groups in total. The average molecular weight is 472 g/mol. The van der Waals surface area contributed by atoms with E-state index in [1.807, 2.05) is 82.0 Å². The number of fused-ring (bicyclic) bond motifs is 4. The number of amides is 1. The summed E-state index contributed by atoms with van der Waals surface area (Å²) in [7, 11) is 0. The third-order valence-corrected chi connectivity index (χ3v) is 7.14. The number of aryl methyl sites for hydroxylation is 4. The Bertz CT molecular complexity index is 1320. The molecule has 6 heteroatoms. The maximum Gasteiger partial charge on any atom is 0.236 e. The molecule has 2 bridgehead atoms. The molecule has 2 heterocycles. The molecule has 0 spiro atoms. The number of nitrogens with one attached hydrogen (secondary N) is 2. The van der Waals surface area contributed by atoms with Crippen LogP contribution in [-0.4, -0.2) is 16.7 Å². The molecule has 3 aromatic carbocycles. The summed E-state index contributed by atoms with van der Waals surface area (Å²) in [6.07, 6.45) is 0. The zero-order valence-electron chi connectivity index (χ0n) is 20.1. The summed E-state index contributed by atoms with van der Waals surface area (Å²) >= 11 is 5.85. The molecule has 3 aromatic rings. The number of carbonyl (C=O) groups excluding carboxylic acids is 1. The zero-order valence-corrected chi connectivity index (χ0v) is 20.9. The number of rotatable bonds is 3. The van der Waals surface area contributed by atoms with E-state index in [1.165, 1.54) is 0 Å². The molecule has 5 nitrogen and oxygen atoms in total. The number of hydrogen-bond donors (Lipinski definition) is 2. The molecule has 1 amide bonds. The van der Waals surface area contributed by atoms with Gasteiger partial charge in [0.2, 0.25) is 5.91 Å². The minimum absolute atomic E-state index is 0.112. The Morgan fingerprint density at radius 1 is 1.00 bits per heavy atom. The predicted octanol–water partition coefficient (Wildman–Crippen LogP) is 5.72. The highest BCUT2D eigenvalue weighted by Gasteiger charge is 2.59. The molecule has 34 heavy (non-hydrogen) atoms. The first-order valence-corrected chi connectivity index (χ1v) is 11.9. The van der Waals surface area contributed by atoms with Gasteiger partial charge in [0.25, 0.3) is 0 Å². The van der Waals surface area contributed by atoms with Gasteiger partial charge in [-0.1, -0.05) is 47.5 Å². The molecular formula is C28H29N3O2S. The summed E-state index contributed by atoms with van der Waals surface area (Å²) in [6.45, 7) is 10.1. The summed E-state index contributed by atoms with van der Waals surface area (Å²) < 4.78 is 6.68. The van der Waals surface area contributed by atoms with Gasteiger partial charge in [-0.3, -0.25) is 9.69 Å². The molecule has 3 atom stereocenters. The fourth-order valence-corrected chi connectivity index (χ4v) is 5.64. The lowest BCUT2D eigenvalue weighted by molar-refractivity contribution is -0.130. The van der Waals surface area contributed by atoms with Crippen molar-refractivity contribution in [3.05, 3.63) is 88.5 Å². The Balaban J connectivity index is 1.63. The lowest BCUT2D eigenvalue weighted by Crippen LogP contribution is -2.72. The largest absolute Gasteiger partial charge is 0.467 e. The Morgan fingerprint density at radius 2 is 1.71 bits per heavy atom. The van der Waals surface area contributed by atoms with Crippen molar-refractivity contribution in [2.75, 3.05) is 10.2 Å². The van der Waals surface area contributed by atoms with E-state index >= 15 is 0 Å². The van der Waals surface area contributed by atoms with Crippen LogP contribution < -0.4 is 20.3 Å². The topological polar surface area (TPSA) is 53.6 Å². The van der Waals surface area contributed by atoms with Gasteiger partial charge >= 0.3 is 0 Å². The van der Waals surface area contributed by atoms with Crippen LogP contribution in [0.25, 0.3) is 0 Å². The van der Waals surface area contributed by atoms with E-state index in [1.54, 1.807) is 0 Å². The molecule has 0 aliphatic carbocycles. The molecule has 5 rings (SSSR count). The second kappa shape index (κ2) is 8.13. The summed E-state index contributed by atoms with van der Waals surface area (Å²) in [6, 6.07) is 19.9. The van der Waals surface area contributed by atoms with Crippen molar-refractivity contribution in [2.45, 2.75) is 46.4 Å². The minimum Gasteiger partial charge on any atom is -0.467 e. The van der Waals surface area contributed by atoms with Crippen molar-refractivity contribution in [3.8, 4) is 5.75 Å². The van der Waals surface area contributed by atoms with Gasteiger partial charge < -0.3 is 15.4 Å². The van der Waals surface area contributed by atoms with Crippen molar-refractivity contribution in [3.63, 3.8) is 0 Å². The fourth-order valence-electron chi connectivity index (χ4n) is 5.22. The Hall–Kier alpha value is -3.38. The number of ether oxygens (including phenoxy) is 1. The van der Waals surface area contributed by atoms with Crippen LogP contribution in [0.3, 0.4) is 0 Å². The monoisotopic (exact) mass is 471 g/mol. The van der Waals surface area contributed by atoms with Crippen LogP contribution >= 0.6 is 12.2 Å². The minimum atomic E-state index is -1.02. The van der Waals surface area contributed by atoms with Crippen LogP contribution in [0, 0.1) is 33.6 Å². The van der Waals surface area contributed by atoms with Gasteiger partial charge in [-0.05, 0) is 82.2 Å². The van der Waals surface area contributed by atoms with E-state index in [0.29, 0.717) is 5.11 Å². The number of anilines is 2. The smallest absolute Gasteiger partial charge is 0.236 e. The molecule has 0 aromatic heterocycles. The molecule has 174 valence electrons. The van der Waals surface area contributed by atoms with Crippen molar-refractivity contribution < 1.29 is 9.53 Å². The first-order chi connectivity index (χ1) is 16.2. The van der Waals surface area contributed by atoms with Crippen molar-refractivity contribution in [2.24, 2.45) is 5.92 Å². The summed E-state index contributed by atoms with van der Waals surface area (Å²) in [5.41, 5.74) is 6.01. The van der Waals surface area contributed by atoms with Crippen molar-refractivity contribution in [1.82, 2.24) is 5.32 Å². The van der Waals surface area contributed by atoms with Gasteiger partial charge in [0.15, 0.2) is 10.8 Å². The zero-order chi connectivity index (χ0) is 24.2. The van der Waals surface area contributed by atoms with Crippen LogP contribution in [-0.2, 0) is 4.79 Å². The van der Waals surface area contributed by atoms with Gasteiger partial charge in [-0.25, -0.2) is 0 Å². The van der Waals surface area contributed by atoms with E-state index in [-0.39, 0.29) is 11.9 Å². The SMILES string of the molecule is Cc1cccc(N2C(=S)N[C@H]3c4cc(C)ccc4O[C@@]2(C)[C@H]3C(=O)Nc2ccc(C)cc2C)c1. The molecule has 0 saturated carbocycles. The lowest BCUT2D eigenvalue weighted by atomic mass is 9.78. The third kappa shape index (κ3) is 3.62. The summed E-state index contributed by atoms with van der Waals surface area (Å²) in [4.78, 5) is 15.9. The number of thiocarbonyl (C=S) groups is 1. The highest BCUT2D eigenvalue weighted by atomic mass is 32.1. The highest BCUT2D eigenvalue weighted by molar-refractivity contribution is 7.80. The van der Waals surface area contributed by atoms with Crippen LogP contribution in [0.1, 0.15) is 40.8 Å². The Labute approximate surface area is 206 Å². The van der Waals surface area contributed by atoms with Crippen molar-refractivity contribution in [1.29, 1.82) is 0 Å². The Morgan fingerprint density at radius 3 is 2.44 bits per heavy atom. The second-order valence-electron chi connectivity index (χ2n) is 9.58. The van der Waals surface area contributed by atoms with E-state index in [9.17, 15) is 4.79 Å². The van der Waals surface area contributed by atoms with Gasteiger partial charge in [0, 0.05) is 16.9 Å². The molecule has 2 aliphatic heterocycles. The third-order valence-electron chi connectivity index (χ3n) is 6.84. The molecular weight excluding hydrogens is 442 g/mol. The fraction of sp³-hybridized carbons (Fsp3) is 0.286. The van der Waals surface area contributed by atoms with Gasteiger partial charge in [0.05, 0.1) is 6.04 Å². The standard InChI is InChI=1S/C28H29N3O2S/c1-16-7-6-8-20(14-16)31-27(34)30-25-21-15-18(3)10-12-23(21)33-28(31,5)24(25)26(32)29-22-11-9-17(2)13-19(22)4/h6-15,24-25H,1-5H3,(H,29,32)(H,30,34)/t24-,25+,28+/m1/s1. The quantitative estimate of drug-likeness (QED) is 0.479. The van der Waals surface area contributed by atoms with E-state index in [2.05, 4.69) is 28.8 Å². The van der Waals surface area contributed by atoms with Gasteiger partial charge in [0.1, 0.15) is 11.7 Å². The molecule has 0 radical (unpaired) electrons. The number of carbonyl (C=O) groups is 1. The molecule has 2 aliphatic rings. The maximum atomic E-state index is 14.0. The maximum absolute atomic E-state index is 14.0. The van der Waals surface area contributed by atoms with E-state index in [0.717, 1.165) is 44.9 Å². The van der Waals surface area contributed by atoms with Gasteiger partial charge in [-0.2, -0.15) is 0 Å². The number of benzene rings is 3. The molecule has 1 saturated heterocycles. The summed E-state index contributed by atoms with van der Waals surface area (Å²) in [5, 5.41) is 7.20. The van der Waals surface area contributed by atoms with Crippen molar-refractivity contribution >= 4 is 34.6 Å². The van der Waals surface area contributed by atoms with E-state index in [4.69, 9.17) is 17.0 Å². The van der Waals surface area contributed by atoms with Crippen LogP contribution in [0.2, 0.25) is 0 Å². The lowest BCUT2D eigenvalue weighted by Gasteiger charge is -2.56.